The standard InChI is InChI=1S/C24H21NO5/c1-16(19-9-12-21-22(13-19)30-15-29-21)25-23(26)14-28-20-10-7-18(8-11-20)24(27)17-5-3-2-4-6-17/h2-13,16H,14-15H2,1H3,(H,25,26)/t16-/m1/s1. The summed E-state index contributed by atoms with van der Waals surface area (Å²) in [4.78, 5) is 24.7. The van der Waals surface area contributed by atoms with Crippen LogP contribution in [0.25, 0.3) is 0 Å². The number of ether oxygens (including phenoxy) is 3. The highest BCUT2D eigenvalue weighted by Crippen LogP contribution is 2.34. The van der Waals surface area contributed by atoms with Crippen molar-refractivity contribution in [3.8, 4) is 17.2 Å². The Balaban J connectivity index is 1.30. The van der Waals surface area contributed by atoms with E-state index in [0.717, 1.165) is 5.56 Å². The molecule has 0 saturated carbocycles. The molecule has 0 bridgehead atoms. The van der Waals surface area contributed by atoms with Crippen molar-refractivity contribution < 1.29 is 23.8 Å². The second-order valence-electron chi connectivity index (χ2n) is 6.91. The first kappa shape index (κ1) is 19.5. The van der Waals surface area contributed by atoms with Gasteiger partial charge in [-0.1, -0.05) is 36.4 Å². The van der Waals surface area contributed by atoms with Gasteiger partial charge >= 0.3 is 0 Å². The number of fused-ring (bicyclic) bond motifs is 1. The van der Waals surface area contributed by atoms with Crippen molar-refractivity contribution in [3.05, 3.63) is 89.5 Å². The van der Waals surface area contributed by atoms with Crippen LogP contribution in [0.5, 0.6) is 17.2 Å². The van der Waals surface area contributed by atoms with Crippen LogP contribution in [0, 0.1) is 0 Å². The molecule has 1 aliphatic heterocycles. The van der Waals surface area contributed by atoms with Crippen LogP contribution in [0.1, 0.15) is 34.5 Å². The first-order valence-corrected chi connectivity index (χ1v) is 9.61. The number of carbonyl (C=O) groups excluding carboxylic acids is 2. The van der Waals surface area contributed by atoms with Gasteiger partial charge in [-0.15, -0.1) is 0 Å². The first-order valence-electron chi connectivity index (χ1n) is 9.61. The molecule has 4 rings (SSSR count). The Morgan fingerprint density at radius 3 is 2.40 bits per heavy atom. The third-order valence-corrected chi connectivity index (χ3v) is 4.80. The predicted octanol–water partition coefficient (Wildman–Crippen LogP) is 3.90. The van der Waals surface area contributed by atoms with E-state index >= 15 is 0 Å². The average Bonchev–Trinajstić information content (AvgIpc) is 3.26. The van der Waals surface area contributed by atoms with Crippen LogP contribution in [0.4, 0.5) is 0 Å². The molecule has 3 aromatic rings. The van der Waals surface area contributed by atoms with Crippen LogP contribution >= 0.6 is 0 Å². The molecule has 1 heterocycles. The Hall–Kier alpha value is -3.80. The number of carbonyl (C=O) groups is 2. The second-order valence-corrected chi connectivity index (χ2v) is 6.91. The highest BCUT2D eigenvalue weighted by atomic mass is 16.7. The van der Waals surface area contributed by atoms with Gasteiger partial charge in [-0.25, -0.2) is 0 Å². The maximum Gasteiger partial charge on any atom is 0.258 e. The fraction of sp³-hybridized carbons (Fsp3) is 0.167. The third kappa shape index (κ3) is 4.43. The van der Waals surface area contributed by atoms with Crippen LogP contribution in [0.15, 0.2) is 72.8 Å². The lowest BCUT2D eigenvalue weighted by molar-refractivity contribution is -0.123. The average molecular weight is 403 g/mol. The largest absolute Gasteiger partial charge is 0.484 e. The SMILES string of the molecule is C[C@@H](NC(=O)COc1ccc(C(=O)c2ccccc2)cc1)c1ccc2c(c1)OCO2. The molecule has 6 nitrogen and oxygen atoms in total. The summed E-state index contributed by atoms with van der Waals surface area (Å²) in [7, 11) is 0. The van der Waals surface area contributed by atoms with Gasteiger partial charge in [0.25, 0.3) is 5.91 Å². The monoisotopic (exact) mass is 403 g/mol. The van der Waals surface area contributed by atoms with Gasteiger partial charge < -0.3 is 19.5 Å². The van der Waals surface area contributed by atoms with Crippen molar-refractivity contribution in [2.45, 2.75) is 13.0 Å². The number of hydrogen-bond donors (Lipinski definition) is 1. The lowest BCUT2D eigenvalue weighted by atomic mass is 10.0. The summed E-state index contributed by atoms with van der Waals surface area (Å²) in [6.07, 6.45) is 0. The summed E-state index contributed by atoms with van der Waals surface area (Å²) < 4.78 is 16.2. The molecule has 152 valence electrons. The van der Waals surface area contributed by atoms with Gasteiger partial charge in [0.05, 0.1) is 6.04 Å². The van der Waals surface area contributed by atoms with Crippen LogP contribution in [-0.4, -0.2) is 25.1 Å². The molecule has 1 atom stereocenters. The summed E-state index contributed by atoms with van der Waals surface area (Å²) in [5.74, 6) is 1.59. The zero-order valence-corrected chi connectivity index (χ0v) is 16.5. The number of amides is 1. The topological polar surface area (TPSA) is 73.9 Å². The first-order chi connectivity index (χ1) is 14.6. The minimum Gasteiger partial charge on any atom is -0.484 e. The molecular formula is C24H21NO5. The molecule has 0 aromatic heterocycles. The van der Waals surface area contributed by atoms with Crippen LogP contribution in [-0.2, 0) is 4.79 Å². The van der Waals surface area contributed by atoms with Crippen molar-refractivity contribution in [1.29, 1.82) is 0 Å². The lowest BCUT2D eigenvalue weighted by Gasteiger charge is -2.15. The molecule has 0 radical (unpaired) electrons. The maximum absolute atomic E-state index is 12.4. The molecule has 3 aromatic carbocycles. The van der Waals surface area contributed by atoms with Crippen molar-refractivity contribution >= 4 is 11.7 Å². The van der Waals surface area contributed by atoms with E-state index in [-0.39, 0.29) is 31.1 Å². The van der Waals surface area contributed by atoms with E-state index in [1.54, 1.807) is 36.4 Å². The number of rotatable bonds is 7. The van der Waals surface area contributed by atoms with Crippen LogP contribution < -0.4 is 19.5 Å². The third-order valence-electron chi connectivity index (χ3n) is 4.80. The quantitative estimate of drug-likeness (QED) is 0.606. The van der Waals surface area contributed by atoms with E-state index in [9.17, 15) is 9.59 Å². The Labute approximate surface area is 174 Å². The zero-order chi connectivity index (χ0) is 20.9. The van der Waals surface area contributed by atoms with Crippen molar-refractivity contribution in [2.24, 2.45) is 0 Å². The zero-order valence-electron chi connectivity index (χ0n) is 16.5. The minimum atomic E-state index is -0.246. The summed E-state index contributed by atoms with van der Waals surface area (Å²) >= 11 is 0. The van der Waals surface area contributed by atoms with E-state index in [1.807, 2.05) is 43.3 Å². The van der Waals surface area contributed by atoms with E-state index in [0.29, 0.717) is 28.4 Å². The molecule has 0 saturated heterocycles. The molecule has 0 unspecified atom stereocenters. The van der Waals surface area contributed by atoms with Gasteiger partial charge in [-0.3, -0.25) is 9.59 Å². The molecule has 0 spiro atoms. The van der Waals surface area contributed by atoms with Crippen molar-refractivity contribution in [1.82, 2.24) is 5.32 Å². The molecular weight excluding hydrogens is 382 g/mol. The summed E-state index contributed by atoms with van der Waals surface area (Å²) in [5.41, 5.74) is 2.11. The predicted molar refractivity (Wildman–Crippen MR) is 111 cm³/mol. The van der Waals surface area contributed by atoms with Gasteiger partial charge in [0.1, 0.15) is 5.75 Å². The number of hydrogen-bond acceptors (Lipinski definition) is 5. The fourth-order valence-electron chi connectivity index (χ4n) is 3.16. The van der Waals surface area contributed by atoms with Gasteiger partial charge in [0.15, 0.2) is 23.9 Å². The van der Waals surface area contributed by atoms with E-state index in [2.05, 4.69) is 5.32 Å². The molecule has 1 aliphatic rings. The van der Waals surface area contributed by atoms with Crippen LogP contribution in [0.3, 0.4) is 0 Å². The van der Waals surface area contributed by atoms with E-state index < -0.39 is 0 Å². The summed E-state index contributed by atoms with van der Waals surface area (Å²) in [6, 6.07) is 21.2. The normalized spacial score (nSPS) is 12.8. The summed E-state index contributed by atoms with van der Waals surface area (Å²) in [5, 5.41) is 2.89. The Morgan fingerprint density at radius 1 is 0.933 bits per heavy atom. The fourth-order valence-corrected chi connectivity index (χ4v) is 3.16. The van der Waals surface area contributed by atoms with Crippen LogP contribution in [0.2, 0.25) is 0 Å². The molecule has 30 heavy (non-hydrogen) atoms. The molecule has 6 heteroatoms. The van der Waals surface area contributed by atoms with Gasteiger partial charge in [0, 0.05) is 11.1 Å². The Kier molecular flexibility index (Phi) is 5.66. The second kappa shape index (κ2) is 8.69. The molecule has 0 aliphatic carbocycles. The number of ketones is 1. The number of benzene rings is 3. The maximum atomic E-state index is 12.4. The van der Waals surface area contributed by atoms with E-state index in [4.69, 9.17) is 14.2 Å². The molecule has 0 fully saturated rings. The van der Waals surface area contributed by atoms with Crippen molar-refractivity contribution in [3.63, 3.8) is 0 Å². The highest BCUT2D eigenvalue weighted by molar-refractivity contribution is 6.08. The number of nitrogens with one attached hydrogen (secondary N) is 1. The summed E-state index contributed by atoms with van der Waals surface area (Å²) in [6.45, 7) is 1.98. The Bertz CT molecular complexity index is 1050. The molecule has 1 amide bonds. The van der Waals surface area contributed by atoms with Gasteiger partial charge in [-0.05, 0) is 48.9 Å². The minimum absolute atomic E-state index is 0.0579. The molecule has 1 N–H and O–H groups in total. The van der Waals surface area contributed by atoms with Crippen molar-refractivity contribution in [2.75, 3.05) is 13.4 Å². The lowest BCUT2D eigenvalue weighted by Crippen LogP contribution is -2.31. The highest BCUT2D eigenvalue weighted by Gasteiger charge is 2.17. The van der Waals surface area contributed by atoms with E-state index in [1.165, 1.54) is 0 Å². The van der Waals surface area contributed by atoms with Gasteiger partial charge in [0.2, 0.25) is 6.79 Å². The Morgan fingerprint density at radius 2 is 1.63 bits per heavy atom. The van der Waals surface area contributed by atoms with Gasteiger partial charge in [-0.2, -0.15) is 0 Å². The smallest absolute Gasteiger partial charge is 0.258 e.